The van der Waals surface area contributed by atoms with Gasteiger partial charge in [0.2, 0.25) is 0 Å². The summed E-state index contributed by atoms with van der Waals surface area (Å²) in [6, 6.07) is 11.6. The van der Waals surface area contributed by atoms with Crippen LogP contribution >= 0.6 is 12.2 Å². The van der Waals surface area contributed by atoms with Crippen molar-refractivity contribution in [1.29, 1.82) is 0 Å². The summed E-state index contributed by atoms with van der Waals surface area (Å²) in [5.74, 6) is 2.53. The maximum atomic E-state index is 5.54. The van der Waals surface area contributed by atoms with Gasteiger partial charge in [-0.2, -0.15) is 0 Å². The number of aryl methyl sites for hydroxylation is 1. The summed E-state index contributed by atoms with van der Waals surface area (Å²) in [5, 5.41) is 6.76. The van der Waals surface area contributed by atoms with Gasteiger partial charge in [0.25, 0.3) is 0 Å². The minimum absolute atomic E-state index is 0.534. The van der Waals surface area contributed by atoms with E-state index in [9.17, 15) is 0 Å². The second kappa shape index (κ2) is 6.96. The number of furan rings is 1. The van der Waals surface area contributed by atoms with Crippen molar-refractivity contribution >= 4 is 23.0 Å². The molecule has 0 bridgehead atoms. The molecule has 0 saturated heterocycles. The molecule has 1 aromatic heterocycles. The van der Waals surface area contributed by atoms with Gasteiger partial charge in [-0.15, -0.1) is 0 Å². The number of anilines is 1. The zero-order chi connectivity index (χ0) is 14.4. The molecule has 0 amide bonds. The summed E-state index contributed by atoms with van der Waals surface area (Å²) >= 11 is 5.27. The summed E-state index contributed by atoms with van der Waals surface area (Å²) in [6.45, 7) is 5.03. The maximum Gasteiger partial charge on any atom is 0.171 e. The highest BCUT2D eigenvalue weighted by molar-refractivity contribution is 7.80. The molecule has 0 saturated carbocycles. The van der Waals surface area contributed by atoms with Crippen molar-refractivity contribution < 1.29 is 9.15 Å². The van der Waals surface area contributed by atoms with Crippen molar-refractivity contribution in [2.45, 2.75) is 20.4 Å². The number of thiocarbonyl (C=S) groups is 1. The van der Waals surface area contributed by atoms with Gasteiger partial charge in [0.05, 0.1) is 18.8 Å². The fourth-order valence-corrected chi connectivity index (χ4v) is 1.95. The van der Waals surface area contributed by atoms with Crippen LogP contribution in [0.1, 0.15) is 18.4 Å². The van der Waals surface area contributed by atoms with Gasteiger partial charge in [-0.1, -0.05) is 12.1 Å². The average Bonchev–Trinajstić information content (AvgIpc) is 2.85. The Morgan fingerprint density at radius 3 is 2.75 bits per heavy atom. The fraction of sp³-hybridized carbons (Fsp3) is 0.267. The van der Waals surface area contributed by atoms with Gasteiger partial charge in [0.1, 0.15) is 17.3 Å². The van der Waals surface area contributed by atoms with Crippen molar-refractivity contribution in [2.24, 2.45) is 0 Å². The van der Waals surface area contributed by atoms with E-state index in [4.69, 9.17) is 21.4 Å². The van der Waals surface area contributed by atoms with E-state index in [1.165, 1.54) is 0 Å². The molecule has 106 valence electrons. The van der Waals surface area contributed by atoms with Gasteiger partial charge in [-0.3, -0.25) is 0 Å². The molecule has 2 aromatic rings. The Morgan fingerprint density at radius 1 is 1.25 bits per heavy atom. The lowest BCUT2D eigenvalue weighted by Crippen LogP contribution is -2.27. The van der Waals surface area contributed by atoms with Crippen LogP contribution in [0.2, 0.25) is 0 Å². The van der Waals surface area contributed by atoms with Gasteiger partial charge in [-0.05, 0) is 50.3 Å². The van der Waals surface area contributed by atoms with Crippen molar-refractivity contribution in [3.05, 3.63) is 47.9 Å². The highest BCUT2D eigenvalue weighted by atomic mass is 32.1. The quantitative estimate of drug-likeness (QED) is 0.826. The Labute approximate surface area is 124 Å². The summed E-state index contributed by atoms with van der Waals surface area (Å²) in [6.07, 6.45) is 0. The lowest BCUT2D eigenvalue weighted by atomic mass is 10.3. The van der Waals surface area contributed by atoms with E-state index in [2.05, 4.69) is 10.6 Å². The number of hydrogen-bond donors (Lipinski definition) is 2. The topological polar surface area (TPSA) is 46.4 Å². The summed E-state index contributed by atoms with van der Waals surface area (Å²) in [5.41, 5.74) is 0.850. The third-order valence-electron chi connectivity index (χ3n) is 2.65. The molecule has 20 heavy (non-hydrogen) atoms. The van der Waals surface area contributed by atoms with E-state index >= 15 is 0 Å². The van der Waals surface area contributed by atoms with Crippen LogP contribution in [0.3, 0.4) is 0 Å². The molecule has 1 aromatic carbocycles. The number of para-hydroxylation sites is 2. The predicted octanol–water partition coefficient (Wildman–Crippen LogP) is 3.47. The monoisotopic (exact) mass is 290 g/mol. The van der Waals surface area contributed by atoms with Crippen LogP contribution in [0, 0.1) is 6.92 Å². The third-order valence-corrected chi connectivity index (χ3v) is 2.90. The van der Waals surface area contributed by atoms with Crippen LogP contribution in [0.15, 0.2) is 40.8 Å². The van der Waals surface area contributed by atoms with Gasteiger partial charge in [0, 0.05) is 0 Å². The third kappa shape index (κ3) is 3.99. The SMILES string of the molecule is CCOc1ccccc1NC(=S)NCc1ccc(C)o1. The molecule has 0 atom stereocenters. The second-order valence-corrected chi connectivity index (χ2v) is 4.66. The van der Waals surface area contributed by atoms with Gasteiger partial charge in [0.15, 0.2) is 5.11 Å². The molecule has 4 nitrogen and oxygen atoms in total. The number of rotatable bonds is 5. The molecular weight excluding hydrogens is 272 g/mol. The molecule has 1 heterocycles. The van der Waals surface area contributed by atoms with Crippen molar-refractivity contribution in [2.75, 3.05) is 11.9 Å². The number of ether oxygens (including phenoxy) is 1. The molecular formula is C15H18N2O2S. The first kappa shape index (κ1) is 14.4. The van der Waals surface area contributed by atoms with E-state index in [-0.39, 0.29) is 0 Å². The Kier molecular flexibility index (Phi) is 5.01. The van der Waals surface area contributed by atoms with E-state index < -0.39 is 0 Å². The average molecular weight is 290 g/mol. The van der Waals surface area contributed by atoms with Crippen LogP contribution in [-0.2, 0) is 6.54 Å². The Morgan fingerprint density at radius 2 is 2.05 bits per heavy atom. The Bertz CT molecular complexity index is 581. The molecule has 2 N–H and O–H groups in total. The Balaban J connectivity index is 1.91. The van der Waals surface area contributed by atoms with Crippen LogP contribution in [0.4, 0.5) is 5.69 Å². The number of hydrogen-bond acceptors (Lipinski definition) is 3. The molecule has 5 heteroatoms. The van der Waals surface area contributed by atoms with Crippen molar-refractivity contribution in [3.63, 3.8) is 0 Å². The summed E-state index contributed by atoms with van der Waals surface area (Å²) in [4.78, 5) is 0. The van der Waals surface area contributed by atoms with E-state index in [1.54, 1.807) is 0 Å². The summed E-state index contributed by atoms with van der Waals surface area (Å²) in [7, 11) is 0. The van der Waals surface area contributed by atoms with Crippen LogP contribution in [0.25, 0.3) is 0 Å². The molecule has 0 radical (unpaired) electrons. The van der Waals surface area contributed by atoms with E-state index in [0.29, 0.717) is 18.3 Å². The van der Waals surface area contributed by atoms with Crippen LogP contribution < -0.4 is 15.4 Å². The number of nitrogens with one attached hydrogen (secondary N) is 2. The standard InChI is InChI=1S/C15H18N2O2S/c1-3-18-14-7-5-4-6-13(14)17-15(20)16-10-12-9-8-11(2)19-12/h4-9H,3,10H2,1-2H3,(H2,16,17,20). The molecule has 2 rings (SSSR count). The van der Waals surface area contributed by atoms with Crippen LogP contribution in [-0.4, -0.2) is 11.7 Å². The minimum atomic E-state index is 0.534. The first-order chi connectivity index (χ1) is 9.69. The van der Waals surface area contributed by atoms with Crippen LogP contribution in [0.5, 0.6) is 5.75 Å². The highest BCUT2D eigenvalue weighted by Gasteiger charge is 2.05. The minimum Gasteiger partial charge on any atom is -0.492 e. The van der Waals surface area contributed by atoms with Crippen molar-refractivity contribution in [3.8, 4) is 5.75 Å². The first-order valence-electron chi connectivity index (χ1n) is 6.51. The highest BCUT2D eigenvalue weighted by Crippen LogP contribution is 2.23. The molecule has 0 aliphatic heterocycles. The smallest absolute Gasteiger partial charge is 0.171 e. The lowest BCUT2D eigenvalue weighted by Gasteiger charge is -2.13. The lowest BCUT2D eigenvalue weighted by molar-refractivity contribution is 0.342. The molecule has 0 aliphatic carbocycles. The predicted molar refractivity (Wildman–Crippen MR) is 84.1 cm³/mol. The zero-order valence-electron chi connectivity index (χ0n) is 11.6. The Hall–Kier alpha value is -2.01. The van der Waals surface area contributed by atoms with E-state index in [0.717, 1.165) is 23.0 Å². The molecule has 0 aliphatic rings. The van der Waals surface area contributed by atoms with E-state index in [1.807, 2.05) is 50.2 Å². The normalized spacial score (nSPS) is 10.1. The van der Waals surface area contributed by atoms with Gasteiger partial charge in [-0.25, -0.2) is 0 Å². The first-order valence-corrected chi connectivity index (χ1v) is 6.92. The molecule has 0 spiro atoms. The largest absolute Gasteiger partial charge is 0.492 e. The molecule has 0 unspecified atom stereocenters. The van der Waals surface area contributed by atoms with Gasteiger partial charge >= 0.3 is 0 Å². The van der Waals surface area contributed by atoms with Crippen molar-refractivity contribution in [1.82, 2.24) is 5.32 Å². The number of benzene rings is 1. The zero-order valence-corrected chi connectivity index (χ0v) is 12.4. The second-order valence-electron chi connectivity index (χ2n) is 4.25. The molecule has 0 fully saturated rings. The fourth-order valence-electron chi connectivity index (χ4n) is 1.77. The van der Waals surface area contributed by atoms with Gasteiger partial charge < -0.3 is 19.8 Å². The maximum absolute atomic E-state index is 5.54. The summed E-state index contributed by atoms with van der Waals surface area (Å²) < 4.78 is 11.0.